The van der Waals surface area contributed by atoms with Crippen LogP contribution in [0.1, 0.15) is 65.2 Å². The molecule has 4 rings (SSSR count). The average molecular weight is 534 g/mol. The zero-order valence-electron chi connectivity index (χ0n) is 21.4. The van der Waals surface area contributed by atoms with Crippen molar-refractivity contribution in [2.24, 2.45) is 29.1 Å². The van der Waals surface area contributed by atoms with Crippen molar-refractivity contribution in [3.8, 4) is 0 Å². The molecule has 4 aliphatic rings. The minimum absolute atomic E-state index is 0.0412. The fraction of sp³-hybridized carbons (Fsp3) is 0.679. The highest BCUT2D eigenvalue weighted by Crippen LogP contribution is 2.61. The molecule has 0 aromatic carbocycles. The van der Waals surface area contributed by atoms with Gasteiger partial charge in [0, 0.05) is 22.5 Å². The number of amides is 1. The molecule has 2 N–H and O–H groups in total. The van der Waals surface area contributed by atoms with Crippen LogP contribution >= 0.6 is 21.6 Å². The predicted octanol–water partition coefficient (Wildman–Crippen LogP) is 5.55. The maximum Gasteiger partial charge on any atom is 0.338 e. The summed E-state index contributed by atoms with van der Waals surface area (Å²) in [6, 6.07) is 0. The highest BCUT2D eigenvalue weighted by atomic mass is 33.1. The molecule has 8 heteroatoms. The van der Waals surface area contributed by atoms with E-state index in [1.807, 2.05) is 27.7 Å². The molecule has 0 bridgehead atoms. The Bertz CT molecular complexity index is 942. The molecule has 0 spiro atoms. The average Bonchev–Trinajstić information content (AvgIpc) is 3.49. The quantitative estimate of drug-likeness (QED) is 0.164. The number of ether oxygens (including phenoxy) is 1. The summed E-state index contributed by atoms with van der Waals surface area (Å²) in [5.74, 6) is -0.345. The van der Waals surface area contributed by atoms with Gasteiger partial charge in [0.1, 0.15) is 6.61 Å². The van der Waals surface area contributed by atoms with Crippen molar-refractivity contribution >= 4 is 39.9 Å². The Morgan fingerprint density at radius 2 is 2.17 bits per heavy atom. The van der Waals surface area contributed by atoms with Gasteiger partial charge in [0.2, 0.25) is 6.41 Å². The van der Waals surface area contributed by atoms with Gasteiger partial charge < -0.3 is 15.2 Å². The third kappa shape index (κ3) is 5.31. The SMILES string of the molecule is C=C1CC[C@H]2[C@@](C)(CC[C@H](C(CCC[C@@H]3CCSS3)C(=O)O)[C@]2(C)NC=O)[C@@H]1/C=C/C1=CCOC1=O. The van der Waals surface area contributed by atoms with Crippen molar-refractivity contribution in [3.05, 3.63) is 36.0 Å². The first-order valence-corrected chi connectivity index (χ1v) is 15.5. The second-order valence-electron chi connectivity index (χ2n) is 11.2. The fourth-order valence-corrected chi connectivity index (χ4v) is 10.5. The summed E-state index contributed by atoms with van der Waals surface area (Å²) in [6.07, 6.45) is 13.6. The number of aliphatic carboxylic acids is 1. The lowest BCUT2D eigenvalue weighted by Gasteiger charge is -2.61. The number of carboxylic acid groups (broad SMARTS) is 1. The number of nitrogens with one attached hydrogen (secondary N) is 1. The lowest BCUT2D eigenvalue weighted by molar-refractivity contribution is -0.151. The van der Waals surface area contributed by atoms with Crippen molar-refractivity contribution in [2.75, 3.05) is 12.4 Å². The molecule has 2 heterocycles. The lowest BCUT2D eigenvalue weighted by atomic mass is 9.45. The molecule has 1 unspecified atom stereocenters. The first-order chi connectivity index (χ1) is 17.2. The number of carbonyl (C=O) groups excluding carboxylic acids is 2. The van der Waals surface area contributed by atoms with Crippen molar-refractivity contribution < 1.29 is 24.2 Å². The number of cyclic esters (lactones) is 1. The molecule has 36 heavy (non-hydrogen) atoms. The van der Waals surface area contributed by atoms with E-state index in [0.717, 1.165) is 50.5 Å². The van der Waals surface area contributed by atoms with Gasteiger partial charge in [0.05, 0.1) is 11.5 Å². The van der Waals surface area contributed by atoms with E-state index in [1.54, 1.807) is 6.08 Å². The Kier molecular flexibility index (Phi) is 8.65. The van der Waals surface area contributed by atoms with Gasteiger partial charge in [0.15, 0.2) is 0 Å². The maximum absolute atomic E-state index is 12.6. The van der Waals surface area contributed by atoms with Gasteiger partial charge in [0.25, 0.3) is 0 Å². The van der Waals surface area contributed by atoms with Gasteiger partial charge >= 0.3 is 11.9 Å². The largest absolute Gasteiger partial charge is 0.481 e. The van der Waals surface area contributed by atoms with E-state index in [-0.39, 0.29) is 29.1 Å². The van der Waals surface area contributed by atoms with E-state index < -0.39 is 17.4 Å². The summed E-state index contributed by atoms with van der Waals surface area (Å²) < 4.78 is 5.04. The number of esters is 1. The summed E-state index contributed by atoms with van der Waals surface area (Å²) in [5.41, 5.74) is 0.872. The Morgan fingerprint density at radius 3 is 2.81 bits per heavy atom. The second kappa shape index (κ2) is 11.4. The van der Waals surface area contributed by atoms with E-state index in [1.165, 1.54) is 12.2 Å². The molecule has 2 aliphatic carbocycles. The van der Waals surface area contributed by atoms with E-state index in [4.69, 9.17) is 4.74 Å². The molecule has 6 nitrogen and oxygen atoms in total. The Morgan fingerprint density at radius 1 is 1.36 bits per heavy atom. The molecule has 1 amide bonds. The van der Waals surface area contributed by atoms with Crippen molar-refractivity contribution in [3.63, 3.8) is 0 Å². The van der Waals surface area contributed by atoms with E-state index >= 15 is 0 Å². The number of rotatable bonds is 10. The molecule has 198 valence electrons. The van der Waals surface area contributed by atoms with Crippen LogP contribution < -0.4 is 5.32 Å². The van der Waals surface area contributed by atoms with Crippen molar-refractivity contribution in [1.29, 1.82) is 0 Å². The number of carbonyl (C=O) groups is 3. The Hall–Kier alpha value is -1.67. The first kappa shape index (κ1) is 27.4. The molecular formula is C28H39NO5S2. The van der Waals surface area contributed by atoms with Crippen LogP contribution in [-0.4, -0.2) is 46.6 Å². The minimum atomic E-state index is -0.751. The number of hydrogen-bond donors (Lipinski definition) is 2. The van der Waals surface area contributed by atoms with Gasteiger partial charge in [-0.3, -0.25) is 9.59 Å². The van der Waals surface area contributed by atoms with E-state index in [9.17, 15) is 19.5 Å². The number of hydrogen-bond acceptors (Lipinski definition) is 6. The smallest absolute Gasteiger partial charge is 0.338 e. The standard InChI is InChI=1S/C28H39NO5S2/c1-18-7-10-24-27(2,22(18)9-8-19-12-15-34-26(19)33)14-11-23(28(24,3)29-17-30)21(25(31)32)6-4-5-20-13-16-35-36-20/h8-9,12,17,20-24H,1,4-7,10-11,13-16H2,2-3H3,(H,29,30)(H,31,32)/b9-8+/t20-,21?,22-,23-,24+,27+,28+/m1/s1. The highest BCUT2D eigenvalue weighted by molar-refractivity contribution is 8.77. The topological polar surface area (TPSA) is 92.7 Å². The zero-order valence-corrected chi connectivity index (χ0v) is 23.0. The van der Waals surface area contributed by atoms with Gasteiger partial charge in [-0.2, -0.15) is 0 Å². The molecule has 0 radical (unpaired) electrons. The first-order valence-electron chi connectivity index (χ1n) is 13.2. The second-order valence-corrected chi connectivity index (χ2v) is 14.0. The van der Waals surface area contributed by atoms with E-state index in [0.29, 0.717) is 23.9 Å². The molecule has 3 fully saturated rings. The highest BCUT2D eigenvalue weighted by Gasteiger charge is 2.59. The van der Waals surface area contributed by atoms with Gasteiger partial charge in [-0.15, -0.1) is 0 Å². The molecule has 2 aliphatic heterocycles. The molecule has 2 saturated carbocycles. The van der Waals surface area contributed by atoms with Crippen LogP contribution in [0.4, 0.5) is 0 Å². The fourth-order valence-electron chi connectivity index (χ4n) is 7.48. The van der Waals surface area contributed by atoms with Crippen molar-refractivity contribution in [2.45, 2.75) is 76.0 Å². The van der Waals surface area contributed by atoms with Crippen molar-refractivity contribution in [1.82, 2.24) is 5.32 Å². The molecule has 0 aromatic heterocycles. The van der Waals surface area contributed by atoms with Gasteiger partial charge in [-0.05, 0) is 75.2 Å². The number of carboxylic acids is 1. The number of fused-ring (bicyclic) bond motifs is 1. The monoisotopic (exact) mass is 533 g/mol. The Balaban J connectivity index is 1.57. The van der Waals surface area contributed by atoms with Crippen LogP contribution in [-0.2, 0) is 19.1 Å². The van der Waals surface area contributed by atoms with Crippen LogP contribution in [0, 0.1) is 29.1 Å². The van der Waals surface area contributed by atoms with Gasteiger partial charge in [-0.25, -0.2) is 4.79 Å². The summed E-state index contributed by atoms with van der Waals surface area (Å²) in [6.45, 7) is 9.01. The van der Waals surface area contributed by atoms with Crippen LogP contribution in [0.2, 0.25) is 0 Å². The molecular weight excluding hydrogens is 494 g/mol. The maximum atomic E-state index is 12.6. The molecule has 1 saturated heterocycles. The van der Waals surface area contributed by atoms with Crippen LogP contribution in [0.25, 0.3) is 0 Å². The Labute approximate surface area is 222 Å². The summed E-state index contributed by atoms with van der Waals surface area (Å²) in [7, 11) is 3.85. The van der Waals surface area contributed by atoms with Gasteiger partial charge in [-0.1, -0.05) is 59.2 Å². The number of allylic oxidation sites excluding steroid dienone is 2. The van der Waals surface area contributed by atoms with Crippen LogP contribution in [0.3, 0.4) is 0 Å². The zero-order chi connectivity index (χ0) is 25.9. The van der Waals surface area contributed by atoms with Crippen LogP contribution in [0.15, 0.2) is 36.0 Å². The van der Waals surface area contributed by atoms with E-state index in [2.05, 4.69) is 31.8 Å². The van der Waals surface area contributed by atoms with Crippen LogP contribution in [0.5, 0.6) is 0 Å². The summed E-state index contributed by atoms with van der Waals surface area (Å²) >= 11 is 0. The minimum Gasteiger partial charge on any atom is -0.481 e. The normalized spacial score (nSPS) is 37.3. The molecule has 7 atom stereocenters. The predicted molar refractivity (Wildman–Crippen MR) is 145 cm³/mol. The molecule has 0 aromatic rings. The lowest BCUT2D eigenvalue weighted by Crippen LogP contribution is -2.65. The third-order valence-corrected chi connectivity index (χ3v) is 12.4. The summed E-state index contributed by atoms with van der Waals surface area (Å²) in [4.78, 5) is 36.4. The summed E-state index contributed by atoms with van der Waals surface area (Å²) in [5, 5.41) is 14.1. The third-order valence-electron chi connectivity index (χ3n) is 9.35.